The molecule has 0 fully saturated rings. The summed E-state index contributed by atoms with van der Waals surface area (Å²) in [5, 5.41) is 10.2. The van der Waals surface area contributed by atoms with Gasteiger partial charge >= 0.3 is 5.82 Å². The average molecular weight is 191 g/mol. The van der Waals surface area contributed by atoms with E-state index in [0.717, 1.165) is 0 Å². The number of nitrogens with zero attached hydrogens (tertiary/aromatic N) is 2. The second-order valence-electron chi connectivity index (χ2n) is 2.28. The Hall–Kier alpha value is -2.42. The van der Waals surface area contributed by atoms with Gasteiger partial charge in [0.05, 0.1) is 5.56 Å². The smallest absolute Gasteiger partial charge is 0.359 e. The van der Waals surface area contributed by atoms with Gasteiger partial charge in [0, 0.05) is 12.0 Å². The minimum atomic E-state index is -0.761. The summed E-state index contributed by atoms with van der Waals surface area (Å²) in [7, 11) is 0. The van der Waals surface area contributed by atoms with Crippen LogP contribution in [0.15, 0.2) is 18.3 Å². The number of primary amides is 1. The van der Waals surface area contributed by atoms with Crippen LogP contribution in [0.1, 0.15) is 5.56 Å². The topological polar surface area (TPSA) is 99.1 Å². The van der Waals surface area contributed by atoms with E-state index in [2.05, 4.69) is 16.8 Å². The number of amides is 1. The van der Waals surface area contributed by atoms with Gasteiger partial charge in [-0.3, -0.25) is 4.79 Å². The number of pyridine rings is 1. The summed E-state index contributed by atoms with van der Waals surface area (Å²) in [4.78, 5) is 23.4. The van der Waals surface area contributed by atoms with Gasteiger partial charge in [0.2, 0.25) is 0 Å². The first-order valence-electron chi connectivity index (χ1n) is 3.51. The third-order valence-corrected chi connectivity index (χ3v) is 1.26. The Bertz CT molecular complexity index is 427. The Balaban J connectivity index is 2.91. The molecular weight excluding hydrogens is 186 g/mol. The minimum Gasteiger partial charge on any atom is -0.359 e. The summed E-state index contributed by atoms with van der Waals surface area (Å²) in [5.74, 6) is 3.46. The molecule has 0 atom stereocenters. The molecule has 1 amide bonds. The van der Waals surface area contributed by atoms with E-state index in [4.69, 9.17) is 5.73 Å². The van der Waals surface area contributed by atoms with Crippen molar-refractivity contribution in [2.75, 3.05) is 0 Å². The van der Waals surface area contributed by atoms with Crippen molar-refractivity contribution in [1.82, 2.24) is 4.98 Å². The predicted molar refractivity (Wildman–Crippen MR) is 47.0 cm³/mol. The number of carbonyl (C=O) groups is 1. The Morgan fingerprint density at radius 3 is 2.71 bits per heavy atom. The lowest BCUT2D eigenvalue weighted by Gasteiger charge is -1.89. The molecule has 1 aromatic rings. The van der Waals surface area contributed by atoms with Crippen LogP contribution in [-0.4, -0.2) is 15.8 Å². The summed E-state index contributed by atoms with van der Waals surface area (Å²) in [6, 6.07) is 2.59. The highest BCUT2D eigenvalue weighted by Gasteiger charge is 2.04. The Morgan fingerprint density at radius 2 is 2.29 bits per heavy atom. The van der Waals surface area contributed by atoms with E-state index in [9.17, 15) is 14.9 Å². The molecule has 0 spiro atoms. The number of hydrogen-bond donors (Lipinski definition) is 1. The molecule has 0 aromatic carbocycles. The minimum absolute atomic E-state index is 0.269. The van der Waals surface area contributed by atoms with Gasteiger partial charge < -0.3 is 15.8 Å². The van der Waals surface area contributed by atoms with Crippen LogP contribution < -0.4 is 5.73 Å². The largest absolute Gasteiger partial charge is 0.363 e. The van der Waals surface area contributed by atoms with Gasteiger partial charge in [-0.25, -0.2) is 0 Å². The fraction of sp³-hybridized carbons (Fsp3) is 0. The second kappa shape index (κ2) is 4.00. The summed E-state index contributed by atoms with van der Waals surface area (Å²) < 4.78 is 0. The van der Waals surface area contributed by atoms with E-state index in [1.807, 2.05) is 0 Å². The monoisotopic (exact) mass is 191 g/mol. The van der Waals surface area contributed by atoms with Gasteiger partial charge in [-0.15, -0.1) is 0 Å². The normalized spacial score (nSPS) is 8.57. The number of hydrogen-bond acceptors (Lipinski definition) is 4. The van der Waals surface area contributed by atoms with Crippen LogP contribution in [0.5, 0.6) is 0 Å². The molecule has 0 aliphatic carbocycles. The molecule has 2 N–H and O–H groups in total. The van der Waals surface area contributed by atoms with Crippen LogP contribution in [0.4, 0.5) is 5.82 Å². The van der Waals surface area contributed by atoms with Crippen LogP contribution in [0.25, 0.3) is 0 Å². The molecule has 14 heavy (non-hydrogen) atoms. The molecule has 0 aliphatic heterocycles. The first-order valence-corrected chi connectivity index (χ1v) is 3.51. The number of nitrogens with two attached hydrogens (primary N) is 1. The van der Waals surface area contributed by atoms with E-state index in [-0.39, 0.29) is 5.82 Å². The number of rotatable bonds is 1. The molecule has 0 aliphatic rings. The van der Waals surface area contributed by atoms with E-state index in [0.29, 0.717) is 5.56 Å². The zero-order chi connectivity index (χ0) is 10.6. The van der Waals surface area contributed by atoms with Crippen molar-refractivity contribution >= 4 is 11.7 Å². The molecule has 1 rings (SSSR count). The second-order valence-corrected chi connectivity index (χ2v) is 2.28. The molecule has 70 valence electrons. The average Bonchev–Trinajstić information content (AvgIpc) is 2.15. The van der Waals surface area contributed by atoms with Gasteiger partial charge in [-0.05, 0) is 16.0 Å². The van der Waals surface area contributed by atoms with E-state index < -0.39 is 10.8 Å². The van der Waals surface area contributed by atoms with Crippen LogP contribution in [0, 0.1) is 22.0 Å². The standard InChI is InChI=1S/C8H5N3O3/c9-7(12)3-1-6-2-4-8(10-5-6)11(13)14/h2,4-5H,(H2,9,12). The van der Waals surface area contributed by atoms with Crippen molar-refractivity contribution in [3.05, 3.63) is 34.0 Å². The van der Waals surface area contributed by atoms with Crippen molar-refractivity contribution in [3.63, 3.8) is 0 Å². The van der Waals surface area contributed by atoms with Crippen molar-refractivity contribution < 1.29 is 9.72 Å². The summed E-state index contributed by atoms with van der Waals surface area (Å²) in [5.41, 5.74) is 5.17. The van der Waals surface area contributed by atoms with Crippen LogP contribution >= 0.6 is 0 Å². The molecule has 6 heteroatoms. The molecule has 6 nitrogen and oxygen atoms in total. The lowest BCUT2D eigenvalue weighted by molar-refractivity contribution is -0.389. The third-order valence-electron chi connectivity index (χ3n) is 1.26. The van der Waals surface area contributed by atoms with E-state index >= 15 is 0 Å². The summed E-state index contributed by atoms with van der Waals surface area (Å²) >= 11 is 0. The van der Waals surface area contributed by atoms with Crippen molar-refractivity contribution in [3.8, 4) is 11.8 Å². The van der Waals surface area contributed by atoms with Gasteiger partial charge in [0.25, 0.3) is 5.91 Å². The van der Waals surface area contributed by atoms with Crippen molar-refractivity contribution in [2.24, 2.45) is 5.73 Å². The first kappa shape index (κ1) is 9.67. The van der Waals surface area contributed by atoms with Gasteiger partial charge in [0.1, 0.15) is 0 Å². The lowest BCUT2D eigenvalue weighted by atomic mass is 10.3. The number of carbonyl (C=O) groups excluding carboxylic acids is 1. The van der Waals surface area contributed by atoms with E-state index in [1.165, 1.54) is 18.3 Å². The molecule has 1 aromatic heterocycles. The molecule has 0 saturated carbocycles. The zero-order valence-corrected chi connectivity index (χ0v) is 6.93. The maximum atomic E-state index is 10.3. The van der Waals surface area contributed by atoms with Crippen LogP contribution in [-0.2, 0) is 4.79 Å². The fourth-order valence-electron chi connectivity index (χ4n) is 0.702. The first-order chi connectivity index (χ1) is 6.59. The molecule has 1 heterocycles. The Labute approximate surface area is 78.9 Å². The van der Waals surface area contributed by atoms with Gasteiger partial charge in [0.15, 0.2) is 6.20 Å². The molecule has 0 unspecified atom stereocenters. The van der Waals surface area contributed by atoms with Gasteiger partial charge in [-0.1, -0.05) is 5.92 Å². The lowest BCUT2D eigenvalue weighted by Crippen LogP contribution is -2.06. The quantitative estimate of drug-likeness (QED) is 0.378. The summed E-state index contributed by atoms with van der Waals surface area (Å²) in [6.07, 6.45) is 1.20. The molecule has 0 saturated heterocycles. The third kappa shape index (κ3) is 2.57. The maximum absolute atomic E-state index is 10.3. The highest BCUT2D eigenvalue weighted by Crippen LogP contribution is 2.05. The number of aromatic nitrogens is 1. The van der Waals surface area contributed by atoms with Crippen LogP contribution in [0.2, 0.25) is 0 Å². The predicted octanol–water partition coefficient (Wildman–Crippen LogP) is -0.173. The van der Waals surface area contributed by atoms with E-state index in [1.54, 1.807) is 0 Å². The Morgan fingerprint density at radius 1 is 1.57 bits per heavy atom. The highest BCUT2D eigenvalue weighted by molar-refractivity contribution is 5.92. The zero-order valence-electron chi connectivity index (χ0n) is 6.93. The molecular formula is C8H5N3O3. The van der Waals surface area contributed by atoms with Crippen molar-refractivity contribution in [2.45, 2.75) is 0 Å². The number of nitro groups is 1. The highest BCUT2D eigenvalue weighted by atomic mass is 16.6. The van der Waals surface area contributed by atoms with Crippen molar-refractivity contribution in [1.29, 1.82) is 0 Å². The van der Waals surface area contributed by atoms with Crippen LogP contribution in [0.3, 0.4) is 0 Å². The maximum Gasteiger partial charge on any atom is 0.363 e. The Kier molecular flexibility index (Phi) is 2.76. The molecule has 0 bridgehead atoms. The fourth-order valence-corrected chi connectivity index (χ4v) is 0.702. The molecule has 0 radical (unpaired) electrons. The SMILES string of the molecule is NC(=O)C#Cc1ccc([N+](=O)[O-])nc1. The van der Waals surface area contributed by atoms with Gasteiger partial charge in [-0.2, -0.15) is 0 Å². The summed E-state index contributed by atoms with van der Waals surface area (Å²) in [6.45, 7) is 0.